The van der Waals surface area contributed by atoms with E-state index in [9.17, 15) is 29.1 Å². The second-order valence-corrected chi connectivity index (χ2v) is 11.8. The van der Waals surface area contributed by atoms with Crippen molar-refractivity contribution in [2.24, 2.45) is 28.6 Å². The fraction of sp³-hybridized carbons (Fsp3) is 0.750. The SMILES string of the molecule is CC(=O)O[C@H]1C[C@H]2C[C@@H]3[C@H](C(=O)O)[C@@H](OC(C)=O)CC[C@@]3(C)[C@@H](OC(C)=O)[C@H](OC(C)=O)C(=C1C)C2(C)C. The van der Waals surface area contributed by atoms with Crippen LogP contribution in [0.1, 0.15) is 81.1 Å². The standard InChI is InChI=1S/C28H40O10/c1-13-21(36-15(3)30)12-18-11-19-22(26(33)34)20(35-14(2)29)9-10-28(19,8)25(38-17(5)32)24(37-16(4)31)23(13)27(18,6)7/h18-22,24-25H,9-12H2,1-8H3,(H,33,34)/t18-,19-,20+,21+,22+,24-,25+,28-/m1/s1. The molecule has 2 bridgehead atoms. The Hall–Kier alpha value is -2.91. The zero-order chi connectivity index (χ0) is 28.7. The number of aliphatic carboxylic acids is 1. The van der Waals surface area contributed by atoms with Crippen molar-refractivity contribution in [2.45, 2.75) is 105 Å². The first-order valence-electron chi connectivity index (χ1n) is 13.1. The third-order valence-corrected chi connectivity index (χ3v) is 9.01. The summed E-state index contributed by atoms with van der Waals surface area (Å²) in [4.78, 5) is 61.6. The summed E-state index contributed by atoms with van der Waals surface area (Å²) >= 11 is 0. The Bertz CT molecular complexity index is 1040. The molecule has 10 heteroatoms. The monoisotopic (exact) mass is 536 g/mol. The summed E-state index contributed by atoms with van der Waals surface area (Å²) in [5.74, 6) is -5.20. The van der Waals surface area contributed by atoms with Gasteiger partial charge in [-0.2, -0.15) is 0 Å². The van der Waals surface area contributed by atoms with Crippen molar-refractivity contribution in [1.82, 2.24) is 0 Å². The number of fused-ring (bicyclic) bond motifs is 3. The lowest BCUT2D eigenvalue weighted by molar-refractivity contribution is -0.204. The topological polar surface area (TPSA) is 143 Å². The van der Waals surface area contributed by atoms with Crippen LogP contribution in [0.25, 0.3) is 0 Å². The van der Waals surface area contributed by atoms with E-state index in [1.807, 2.05) is 27.7 Å². The number of carboxylic acids is 1. The van der Waals surface area contributed by atoms with Crippen molar-refractivity contribution < 1.29 is 48.0 Å². The molecule has 0 saturated heterocycles. The van der Waals surface area contributed by atoms with Crippen LogP contribution in [-0.2, 0) is 42.9 Å². The third kappa shape index (κ3) is 5.45. The molecular formula is C28H40O10. The van der Waals surface area contributed by atoms with Gasteiger partial charge in [0.05, 0.1) is 5.92 Å². The van der Waals surface area contributed by atoms with Gasteiger partial charge in [-0.3, -0.25) is 24.0 Å². The van der Waals surface area contributed by atoms with Gasteiger partial charge in [-0.25, -0.2) is 0 Å². The van der Waals surface area contributed by atoms with Crippen LogP contribution < -0.4 is 0 Å². The van der Waals surface area contributed by atoms with Gasteiger partial charge in [0.1, 0.15) is 18.3 Å². The lowest BCUT2D eigenvalue weighted by Crippen LogP contribution is -2.62. The fourth-order valence-corrected chi connectivity index (χ4v) is 7.36. The summed E-state index contributed by atoms with van der Waals surface area (Å²) < 4.78 is 23.1. The molecular weight excluding hydrogens is 496 g/mol. The molecule has 0 heterocycles. The summed E-state index contributed by atoms with van der Waals surface area (Å²) in [5.41, 5.74) is -0.108. The number of carbonyl (C=O) groups is 5. The van der Waals surface area contributed by atoms with Gasteiger partial charge in [0.2, 0.25) is 0 Å². The van der Waals surface area contributed by atoms with E-state index in [-0.39, 0.29) is 12.3 Å². The highest BCUT2D eigenvalue weighted by molar-refractivity contribution is 5.73. The summed E-state index contributed by atoms with van der Waals surface area (Å²) in [5, 5.41) is 10.4. The van der Waals surface area contributed by atoms with Gasteiger partial charge in [0.25, 0.3) is 0 Å². The summed E-state index contributed by atoms with van der Waals surface area (Å²) in [6, 6.07) is 0. The predicted octanol–water partition coefficient (Wildman–Crippen LogP) is 3.60. The van der Waals surface area contributed by atoms with Gasteiger partial charge in [-0.1, -0.05) is 20.8 Å². The largest absolute Gasteiger partial charge is 0.481 e. The van der Waals surface area contributed by atoms with E-state index in [4.69, 9.17) is 18.9 Å². The first-order chi connectivity index (χ1) is 17.5. The molecule has 8 atom stereocenters. The van der Waals surface area contributed by atoms with Gasteiger partial charge in [0.15, 0.2) is 6.10 Å². The molecule has 2 fully saturated rings. The molecule has 3 rings (SSSR count). The molecule has 0 aromatic heterocycles. The van der Waals surface area contributed by atoms with Crippen molar-refractivity contribution in [3.05, 3.63) is 11.1 Å². The molecule has 2 saturated carbocycles. The van der Waals surface area contributed by atoms with Crippen LogP contribution in [0.2, 0.25) is 0 Å². The second kappa shape index (κ2) is 10.7. The third-order valence-electron chi connectivity index (χ3n) is 9.01. The van der Waals surface area contributed by atoms with Crippen molar-refractivity contribution in [2.75, 3.05) is 0 Å². The van der Waals surface area contributed by atoms with E-state index >= 15 is 0 Å². The summed E-state index contributed by atoms with van der Waals surface area (Å²) in [7, 11) is 0. The van der Waals surface area contributed by atoms with Crippen LogP contribution in [0, 0.1) is 28.6 Å². The van der Waals surface area contributed by atoms with E-state index < -0.39 is 76.9 Å². The Morgan fingerprint density at radius 3 is 1.87 bits per heavy atom. The van der Waals surface area contributed by atoms with Crippen LogP contribution in [-0.4, -0.2) is 59.4 Å². The van der Waals surface area contributed by atoms with E-state index in [1.165, 1.54) is 27.7 Å². The number of ether oxygens (including phenoxy) is 4. The smallest absolute Gasteiger partial charge is 0.310 e. The highest BCUT2D eigenvalue weighted by Crippen LogP contribution is 2.60. The van der Waals surface area contributed by atoms with Crippen molar-refractivity contribution >= 4 is 29.8 Å². The van der Waals surface area contributed by atoms with E-state index in [0.717, 1.165) is 11.1 Å². The second-order valence-electron chi connectivity index (χ2n) is 11.8. The maximum atomic E-state index is 12.8. The molecule has 212 valence electrons. The molecule has 0 aromatic rings. The Labute approximate surface area is 223 Å². The predicted molar refractivity (Wildman–Crippen MR) is 133 cm³/mol. The fourth-order valence-electron chi connectivity index (χ4n) is 7.36. The first-order valence-corrected chi connectivity index (χ1v) is 13.1. The van der Waals surface area contributed by atoms with E-state index in [1.54, 1.807) is 0 Å². The van der Waals surface area contributed by atoms with Gasteiger partial charge >= 0.3 is 29.8 Å². The zero-order valence-electron chi connectivity index (χ0n) is 23.5. The molecule has 1 N–H and O–H groups in total. The molecule has 3 aliphatic rings. The number of carbonyl (C=O) groups excluding carboxylic acids is 4. The number of hydrogen-bond donors (Lipinski definition) is 1. The van der Waals surface area contributed by atoms with Gasteiger partial charge in [-0.05, 0) is 61.0 Å². The zero-order valence-corrected chi connectivity index (χ0v) is 23.5. The minimum absolute atomic E-state index is 0.177. The maximum absolute atomic E-state index is 12.8. The lowest BCUT2D eigenvalue weighted by atomic mass is 9.49. The van der Waals surface area contributed by atoms with Crippen LogP contribution in [0.3, 0.4) is 0 Å². The highest BCUT2D eigenvalue weighted by atomic mass is 16.6. The average molecular weight is 537 g/mol. The Balaban J connectivity index is 2.33. The van der Waals surface area contributed by atoms with Crippen LogP contribution in [0.4, 0.5) is 0 Å². The Kier molecular flexibility index (Phi) is 8.34. The normalized spacial score (nSPS) is 36.1. The van der Waals surface area contributed by atoms with E-state index in [0.29, 0.717) is 19.3 Å². The molecule has 38 heavy (non-hydrogen) atoms. The molecule has 10 nitrogen and oxygen atoms in total. The minimum atomic E-state index is -1.12. The van der Waals surface area contributed by atoms with E-state index in [2.05, 4.69) is 0 Å². The number of hydrogen-bond acceptors (Lipinski definition) is 9. The van der Waals surface area contributed by atoms with Gasteiger partial charge < -0.3 is 24.1 Å². The maximum Gasteiger partial charge on any atom is 0.310 e. The average Bonchev–Trinajstić information content (AvgIpc) is 2.75. The molecule has 3 aliphatic carbocycles. The van der Waals surface area contributed by atoms with Crippen LogP contribution >= 0.6 is 0 Å². The molecule has 0 unspecified atom stereocenters. The number of rotatable bonds is 5. The Morgan fingerprint density at radius 1 is 0.816 bits per heavy atom. The summed E-state index contributed by atoms with van der Waals surface area (Å²) in [6.07, 6.45) is -2.06. The molecule has 0 aromatic carbocycles. The number of carboxylic acid groups (broad SMARTS) is 1. The van der Waals surface area contributed by atoms with Gasteiger partial charge in [-0.15, -0.1) is 0 Å². The summed E-state index contributed by atoms with van der Waals surface area (Å²) in [6.45, 7) is 12.8. The lowest BCUT2D eigenvalue weighted by Gasteiger charge is -2.58. The molecule has 0 radical (unpaired) electrons. The van der Waals surface area contributed by atoms with Crippen LogP contribution in [0.5, 0.6) is 0 Å². The molecule has 0 aliphatic heterocycles. The van der Waals surface area contributed by atoms with Gasteiger partial charge in [0, 0.05) is 33.1 Å². The van der Waals surface area contributed by atoms with Crippen molar-refractivity contribution in [3.8, 4) is 0 Å². The van der Waals surface area contributed by atoms with Crippen LogP contribution in [0.15, 0.2) is 11.1 Å². The first kappa shape index (κ1) is 29.6. The highest BCUT2D eigenvalue weighted by Gasteiger charge is 2.63. The minimum Gasteiger partial charge on any atom is -0.481 e. The van der Waals surface area contributed by atoms with Crippen molar-refractivity contribution in [3.63, 3.8) is 0 Å². The molecule has 0 spiro atoms. The number of esters is 4. The quantitative estimate of drug-likeness (QED) is 0.314. The molecule has 0 amide bonds. The van der Waals surface area contributed by atoms with Crippen molar-refractivity contribution in [1.29, 1.82) is 0 Å². The Morgan fingerprint density at radius 2 is 1.37 bits per heavy atom.